The van der Waals surface area contributed by atoms with Crippen LogP contribution in [0.3, 0.4) is 0 Å². The van der Waals surface area contributed by atoms with Crippen molar-refractivity contribution in [1.29, 1.82) is 0 Å². The molecule has 6 heteroatoms. The van der Waals surface area contributed by atoms with Crippen LogP contribution in [0.15, 0.2) is 18.3 Å². The summed E-state index contributed by atoms with van der Waals surface area (Å²) in [5.74, 6) is -0.406. The van der Waals surface area contributed by atoms with Gasteiger partial charge in [0.25, 0.3) is 0 Å². The van der Waals surface area contributed by atoms with Gasteiger partial charge in [-0.1, -0.05) is 18.5 Å². The Kier molecular flexibility index (Phi) is 3.93. The minimum absolute atomic E-state index is 0.384. The molecule has 0 amide bonds. The third-order valence-corrected chi connectivity index (χ3v) is 3.84. The molecule has 0 aliphatic rings. The van der Waals surface area contributed by atoms with Crippen LogP contribution in [0.25, 0.3) is 10.6 Å². The largest absolute Gasteiger partial charge is 0.464 e. The average molecular weight is 283 g/mol. The van der Waals surface area contributed by atoms with E-state index in [-0.39, 0.29) is 0 Å². The van der Waals surface area contributed by atoms with Gasteiger partial charge in [-0.2, -0.15) is 0 Å². The predicted octanol–water partition coefficient (Wildman–Crippen LogP) is 3.21. The van der Waals surface area contributed by atoms with E-state index in [1.807, 2.05) is 13.0 Å². The molecule has 0 radical (unpaired) electrons. The normalized spacial score (nSPS) is 10.4. The summed E-state index contributed by atoms with van der Waals surface area (Å²) >= 11 is 7.20. The third kappa shape index (κ3) is 2.52. The van der Waals surface area contributed by atoms with Crippen LogP contribution in [-0.2, 0) is 11.2 Å². The minimum Gasteiger partial charge on any atom is -0.464 e. The van der Waals surface area contributed by atoms with Gasteiger partial charge < -0.3 is 4.74 Å². The fraction of sp³-hybridized carbons (Fsp3) is 0.250. The Morgan fingerprint density at radius 3 is 2.83 bits per heavy atom. The molecular weight excluding hydrogens is 272 g/mol. The van der Waals surface area contributed by atoms with Gasteiger partial charge in [-0.15, -0.1) is 11.3 Å². The molecule has 4 nitrogen and oxygen atoms in total. The summed E-state index contributed by atoms with van der Waals surface area (Å²) in [5, 5.41) is 1.18. The molecule has 94 valence electrons. The van der Waals surface area contributed by atoms with Crippen molar-refractivity contribution >= 4 is 28.9 Å². The second kappa shape index (κ2) is 5.46. The molecular formula is C12H11ClN2O2S. The molecule has 0 aromatic carbocycles. The lowest BCUT2D eigenvalue weighted by atomic mass is 10.3. The number of carbonyl (C=O) groups excluding carboxylic acids is 1. The Bertz CT molecular complexity index is 566. The zero-order valence-corrected chi connectivity index (χ0v) is 11.5. The highest BCUT2D eigenvalue weighted by molar-refractivity contribution is 7.15. The Labute approximate surface area is 114 Å². The number of halogens is 1. The van der Waals surface area contributed by atoms with Crippen molar-refractivity contribution in [2.45, 2.75) is 13.3 Å². The van der Waals surface area contributed by atoms with E-state index in [0.29, 0.717) is 10.8 Å². The molecule has 0 fully saturated rings. The number of hydrogen-bond acceptors (Lipinski definition) is 5. The number of esters is 1. The highest BCUT2D eigenvalue weighted by atomic mass is 35.5. The highest BCUT2D eigenvalue weighted by Gasteiger charge is 2.18. The molecule has 0 saturated carbocycles. The summed E-state index contributed by atoms with van der Waals surface area (Å²) in [7, 11) is 1.35. The van der Waals surface area contributed by atoms with E-state index < -0.39 is 5.97 Å². The van der Waals surface area contributed by atoms with E-state index in [1.165, 1.54) is 18.4 Å². The van der Waals surface area contributed by atoms with Crippen LogP contribution in [0.5, 0.6) is 0 Å². The molecule has 2 heterocycles. The second-order valence-corrected chi connectivity index (χ2v) is 4.98. The van der Waals surface area contributed by atoms with Crippen molar-refractivity contribution in [3.05, 3.63) is 34.1 Å². The molecule has 0 bridgehead atoms. The Morgan fingerprint density at radius 1 is 1.50 bits per heavy atom. The molecule has 2 aromatic rings. The van der Waals surface area contributed by atoms with Crippen molar-refractivity contribution in [3.63, 3.8) is 0 Å². The van der Waals surface area contributed by atoms with E-state index in [4.69, 9.17) is 16.3 Å². The highest BCUT2D eigenvalue weighted by Crippen LogP contribution is 2.28. The maximum Gasteiger partial charge on any atom is 0.357 e. The molecule has 0 aliphatic carbocycles. The smallest absolute Gasteiger partial charge is 0.357 e. The quantitative estimate of drug-likeness (QED) is 0.641. The van der Waals surface area contributed by atoms with E-state index in [2.05, 4.69) is 9.97 Å². The first kappa shape index (κ1) is 13.0. The maximum atomic E-state index is 11.6. The Morgan fingerprint density at radius 2 is 2.28 bits per heavy atom. The second-order valence-electron chi connectivity index (χ2n) is 3.51. The summed E-state index contributed by atoms with van der Waals surface area (Å²) in [6.45, 7) is 1.98. The Hall–Kier alpha value is -1.46. The monoisotopic (exact) mass is 282 g/mol. The molecule has 2 rings (SSSR count). The molecule has 0 atom stereocenters. The number of carbonyl (C=O) groups is 1. The standard InChI is InChI=1S/C12H11ClN2O2S/c1-3-8-10(12(16)17-2)15-11(18-8)7-4-5-9(13)14-6-7/h4-6H,3H2,1-2H3. The van der Waals surface area contributed by atoms with E-state index in [0.717, 1.165) is 21.9 Å². The first-order valence-electron chi connectivity index (χ1n) is 5.35. The zero-order valence-electron chi connectivity index (χ0n) is 9.94. The van der Waals surface area contributed by atoms with Crippen molar-refractivity contribution in [1.82, 2.24) is 9.97 Å². The average Bonchev–Trinajstić information content (AvgIpc) is 2.82. The molecule has 0 N–H and O–H groups in total. The van der Waals surface area contributed by atoms with Crippen LogP contribution in [-0.4, -0.2) is 23.0 Å². The van der Waals surface area contributed by atoms with E-state index in [1.54, 1.807) is 12.3 Å². The summed E-state index contributed by atoms with van der Waals surface area (Å²) in [4.78, 5) is 20.8. The van der Waals surface area contributed by atoms with Crippen LogP contribution >= 0.6 is 22.9 Å². The number of thiazole rings is 1. The number of methoxy groups -OCH3 is 1. The topological polar surface area (TPSA) is 52.1 Å². The molecule has 0 spiro atoms. The van der Waals surface area contributed by atoms with Gasteiger partial charge >= 0.3 is 5.97 Å². The first-order valence-corrected chi connectivity index (χ1v) is 6.55. The maximum absolute atomic E-state index is 11.6. The summed E-state index contributed by atoms with van der Waals surface area (Å²) in [6, 6.07) is 3.52. The summed E-state index contributed by atoms with van der Waals surface area (Å²) in [6.07, 6.45) is 2.38. The van der Waals surface area contributed by atoms with Gasteiger partial charge in [-0.3, -0.25) is 0 Å². The number of ether oxygens (including phenoxy) is 1. The van der Waals surface area contributed by atoms with Crippen molar-refractivity contribution in [2.75, 3.05) is 7.11 Å². The van der Waals surface area contributed by atoms with Crippen LogP contribution in [0.4, 0.5) is 0 Å². The van der Waals surface area contributed by atoms with Crippen LogP contribution in [0, 0.1) is 0 Å². The SMILES string of the molecule is CCc1sc(-c2ccc(Cl)nc2)nc1C(=O)OC. The predicted molar refractivity (Wildman–Crippen MR) is 71.1 cm³/mol. The lowest BCUT2D eigenvalue weighted by Crippen LogP contribution is -2.04. The number of nitrogens with zero attached hydrogens (tertiary/aromatic N) is 2. The molecule has 0 unspecified atom stereocenters. The lowest BCUT2D eigenvalue weighted by molar-refractivity contribution is 0.0594. The van der Waals surface area contributed by atoms with Crippen molar-refractivity contribution in [3.8, 4) is 10.6 Å². The van der Waals surface area contributed by atoms with Crippen LogP contribution in [0.2, 0.25) is 5.15 Å². The van der Waals surface area contributed by atoms with E-state index in [9.17, 15) is 4.79 Å². The molecule has 0 saturated heterocycles. The lowest BCUT2D eigenvalue weighted by Gasteiger charge is -1.96. The summed E-state index contributed by atoms with van der Waals surface area (Å²) in [5.41, 5.74) is 1.23. The van der Waals surface area contributed by atoms with Crippen LogP contribution in [0.1, 0.15) is 22.3 Å². The van der Waals surface area contributed by atoms with Gasteiger partial charge in [0, 0.05) is 16.6 Å². The molecule has 0 aliphatic heterocycles. The molecule has 18 heavy (non-hydrogen) atoms. The zero-order chi connectivity index (χ0) is 13.1. The van der Waals surface area contributed by atoms with Gasteiger partial charge in [0.1, 0.15) is 10.2 Å². The fourth-order valence-corrected chi connectivity index (χ4v) is 2.56. The van der Waals surface area contributed by atoms with Crippen LogP contribution < -0.4 is 0 Å². The third-order valence-electron chi connectivity index (χ3n) is 2.37. The first-order chi connectivity index (χ1) is 8.65. The van der Waals surface area contributed by atoms with Gasteiger partial charge in [0.15, 0.2) is 5.69 Å². The number of hydrogen-bond donors (Lipinski definition) is 0. The Balaban J connectivity index is 2.43. The number of aryl methyl sites for hydroxylation is 1. The number of rotatable bonds is 3. The van der Waals surface area contributed by atoms with Gasteiger partial charge in [-0.05, 0) is 18.6 Å². The van der Waals surface area contributed by atoms with Gasteiger partial charge in [0.2, 0.25) is 0 Å². The van der Waals surface area contributed by atoms with E-state index >= 15 is 0 Å². The minimum atomic E-state index is -0.406. The van der Waals surface area contributed by atoms with Crippen molar-refractivity contribution in [2.24, 2.45) is 0 Å². The van der Waals surface area contributed by atoms with Gasteiger partial charge in [-0.25, -0.2) is 14.8 Å². The summed E-state index contributed by atoms with van der Waals surface area (Å²) < 4.78 is 4.72. The van der Waals surface area contributed by atoms with Crippen molar-refractivity contribution < 1.29 is 9.53 Å². The fourth-order valence-electron chi connectivity index (χ4n) is 1.47. The molecule has 2 aromatic heterocycles. The van der Waals surface area contributed by atoms with Gasteiger partial charge in [0.05, 0.1) is 7.11 Å². The number of aromatic nitrogens is 2. The number of pyridine rings is 1.